The molecule has 6 heteroatoms. The highest BCUT2D eigenvalue weighted by atomic mass is 79.9. The molecule has 0 aromatic heterocycles. The molecule has 4 nitrogen and oxygen atoms in total. The minimum absolute atomic E-state index is 0.186. The minimum atomic E-state index is -0.409. The lowest BCUT2D eigenvalue weighted by Gasteiger charge is -2.26. The zero-order valence-electron chi connectivity index (χ0n) is 15.4. The van der Waals surface area contributed by atoms with Crippen molar-refractivity contribution in [3.05, 3.63) is 98.9 Å². The molecule has 1 heterocycles. The fourth-order valence-electron chi connectivity index (χ4n) is 3.65. The Morgan fingerprint density at radius 2 is 1.31 bits per heavy atom. The van der Waals surface area contributed by atoms with Crippen LogP contribution in [0, 0.1) is 0 Å². The average molecular weight is 514 g/mol. The number of nitrogens with zero attached hydrogens (tertiary/aromatic N) is 1. The molecule has 0 saturated carbocycles. The van der Waals surface area contributed by atoms with E-state index in [0.717, 1.165) is 20.1 Å². The molecule has 1 aliphatic heterocycles. The van der Waals surface area contributed by atoms with Crippen LogP contribution in [0.5, 0.6) is 0 Å². The first-order valence-electron chi connectivity index (χ1n) is 9.22. The Bertz CT molecular complexity index is 956. The smallest absolute Gasteiger partial charge is 0.329 e. The van der Waals surface area contributed by atoms with Gasteiger partial charge in [0.25, 0.3) is 0 Å². The van der Waals surface area contributed by atoms with Crippen LogP contribution in [-0.2, 0) is 4.79 Å². The Hall–Kier alpha value is -2.44. The third-order valence-electron chi connectivity index (χ3n) is 5.07. The second-order valence-electron chi connectivity index (χ2n) is 6.91. The number of carbonyl (C=O) groups excluding carboxylic acids is 2. The molecule has 3 aromatic rings. The van der Waals surface area contributed by atoms with E-state index in [1.54, 1.807) is 12.1 Å². The quantitative estimate of drug-likeness (QED) is 0.454. The summed E-state index contributed by atoms with van der Waals surface area (Å²) in [4.78, 5) is 27.5. The van der Waals surface area contributed by atoms with Gasteiger partial charge in [-0.1, -0.05) is 74.3 Å². The number of urea groups is 1. The van der Waals surface area contributed by atoms with Gasteiger partial charge >= 0.3 is 6.03 Å². The van der Waals surface area contributed by atoms with E-state index in [9.17, 15) is 9.59 Å². The summed E-state index contributed by atoms with van der Waals surface area (Å²) in [6.45, 7) is 0. The van der Waals surface area contributed by atoms with Crippen molar-refractivity contribution in [1.29, 1.82) is 0 Å². The molecule has 1 fully saturated rings. The summed E-state index contributed by atoms with van der Waals surface area (Å²) in [5.41, 5.74) is 2.53. The Balaban J connectivity index is 1.78. The maximum atomic E-state index is 13.2. The van der Waals surface area contributed by atoms with Crippen molar-refractivity contribution in [2.24, 2.45) is 0 Å². The van der Waals surface area contributed by atoms with E-state index in [4.69, 9.17) is 0 Å². The maximum Gasteiger partial charge on any atom is 0.329 e. The third kappa shape index (κ3) is 4.28. The van der Waals surface area contributed by atoms with Gasteiger partial charge in [0.05, 0.1) is 11.7 Å². The van der Waals surface area contributed by atoms with Crippen molar-refractivity contribution in [3.63, 3.8) is 0 Å². The van der Waals surface area contributed by atoms with Crippen LogP contribution in [0.1, 0.15) is 29.5 Å². The lowest BCUT2D eigenvalue weighted by Crippen LogP contribution is -2.42. The molecule has 0 radical (unpaired) electrons. The largest absolute Gasteiger partial charge is 0.330 e. The molecule has 0 spiro atoms. The van der Waals surface area contributed by atoms with Crippen LogP contribution in [0.3, 0.4) is 0 Å². The van der Waals surface area contributed by atoms with Gasteiger partial charge in [-0.3, -0.25) is 4.79 Å². The number of para-hydroxylation sites is 1. The van der Waals surface area contributed by atoms with Crippen LogP contribution in [0.2, 0.25) is 0 Å². The zero-order valence-corrected chi connectivity index (χ0v) is 18.6. The molecule has 1 saturated heterocycles. The normalized spacial score (nSPS) is 19.6. The number of anilines is 1. The fraction of sp³-hybridized carbons (Fsp3) is 0.130. The molecule has 1 aliphatic rings. The molecule has 146 valence electrons. The summed E-state index contributed by atoms with van der Waals surface area (Å²) >= 11 is 6.92. The van der Waals surface area contributed by atoms with E-state index in [1.165, 1.54) is 4.90 Å². The fourth-order valence-corrected chi connectivity index (χ4v) is 4.18. The molecule has 2 atom stereocenters. The number of imide groups is 1. The maximum absolute atomic E-state index is 13.2. The number of halogens is 2. The van der Waals surface area contributed by atoms with Gasteiger partial charge in [-0.05, 0) is 47.5 Å². The lowest BCUT2D eigenvalue weighted by atomic mass is 9.85. The summed E-state index contributed by atoms with van der Waals surface area (Å²) in [5.74, 6) is -0.407. The number of hydrogen-bond acceptors (Lipinski definition) is 2. The van der Waals surface area contributed by atoms with Crippen LogP contribution in [0.4, 0.5) is 10.5 Å². The van der Waals surface area contributed by atoms with Gasteiger partial charge in [-0.2, -0.15) is 0 Å². The van der Waals surface area contributed by atoms with E-state index in [2.05, 4.69) is 37.2 Å². The molecule has 1 N–H and O–H groups in total. The van der Waals surface area contributed by atoms with Crippen LogP contribution in [0.15, 0.2) is 87.8 Å². The molecule has 3 aromatic carbocycles. The lowest BCUT2D eigenvalue weighted by molar-refractivity contribution is -0.118. The van der Waals surface area contributed by atoms with E-state index >= 15 is 0 Å². The predicted molar refractivity (Wildman–Crippen MR) is 121 cm³/mol. The summed E-state index contributed by atoms with van der Waals surface area (Å²) in [6.07, 6.45) is 0.218. The van der Waals surface area contributed by atoms with E-state index < -0.39 is 6.03 Å². The summed E-state index contributed by atoms with van der Waals surface area (Å²) in [6, 6.07) is 24.1. The van der Waals surface area contributed by atoms with Crippen molar-refractivity contribution in [2.45, 2.75) is 18.4 Å². The number of carbonyl (C=O) groups is 2. The average Bonchev–Trinajstić information content (AvgIpc) is 2.85. The van der Waals surface area contributed by atoms with Crippen molar-refractivity contribution in [1.82, 2.24) is 5.32 Å². The van der Waals surface area contributed by atoms with E-state index in [1.807, 2.05) is 66.7 Å². The SMILES string of the molecule is O=C1C[C@@H](c2ccc(Br)cc2)[C@H](c2ccc(Br)cc2)NC(=O)N1c1ccccc1. The highest BCUT2D eigenvalue weighted by Gasteiger charge is 2.37. The first kappa shape index (κ1) is 19.9. The predicted octanol–water partition coefficient (Wildman–Crippen LogP) is 6.18. The Morgan fingerprint density at radius 1 is 0.759 bits per heavy atom. The molecule has 29 heavy (non-hydrogen) atoms. The van der Waals surface area contributed by atoms with Crippen molar-refractivity contribution in [3.8, 4) is 0 Å². The van der Waals surface area contributed by atoms with Crippen molar-refractivity contribution in [2.75, 3.05) is 4.90 Å². The summed E-state index contributed by atoms with van der Waals surface area (Å²) in [5, 5.41) is 3.10. The standard InChI is InChI=1S/C23H18Br2N2O2/c24-17-10-6-15(7-11-17)20-14-21(28)27(19-4-2-1-3-5-19)23(29)26-22(20)16-8-12-18(25)13-9-16/h1-13,20,22H,14H2,(H,26,29)/t20-,22-/m0/s1. The van der Waals surface area contributed by atoms with E-state index in [0.29, 0.717) is 5.69 Å². The van der Waals surface area contributed by atoms with Crippen LogP contribution in [-0.4, -0.2) is 11.9 Å². The molecule has 4 rings (SSSR count). The first-order chi connectivity index (χ1) is 14.0. The van der Waals surface area contributed by atoms with Gasteiger partial charge in [0.2, 0.25) is 5.91 Å². The Kier molecular flexibility index (Phi) is 5.83. The molecular formula is C23H18Br2N2O2. The van der Waals surface area contributed by atoms with Crippen molar-refractivity contribution < 1.29 is 9.59 Å². The van der Waals surface area contributed by atoms with Gasteiger partial charge in [0, 0.05) is 21.3 Å². The number of nitrogens with one attached hydrogen (secondary N) is 1. The van der Waals surface area contributed by atoms with Crippen LogP contribution < -0.4 is 10.2 Å². The third-order valence-corrected chi connectivity index (χ3v) is 6.13. The van der Waals surface area contributed by atoms with Gasteiger partial charge in [0.15, 0.2) is 0 Å². The van der Waals surface area contributed by atoms with Gasteiger partial charge in [-0.25, -0.2) is 9.69 Å². The minimum Gasteiger partial charge on any atom is -0.330 e. The number of amides is 3. The summed E-state index contributed by atoms with van der Waals surface area (Å²) < 4.78 is 1.93. The molecular weight excluding hydrogens is 496 g/mol. The Morgan fingerprint density at radius 3 is 1.90 bits per heavy atom. The van der Waals surface area contributed by atoms with Gasteiger partial charge in [-0.15, -0.1) is 0 Å². The van der Waals surface area contributed by atoms with E-state index in [-0.39, 0.29) is 24.3 Å². The highest BCUT2D eigenvalue weighted by molar-refractivity contribution is 9.10. The van der Waals surface area contributed by atoms with Crippen molar-refractivity contribution >= 4 is 49.5 Å². The topological polar surface area (TPSA) is 49.4 Å². The number of hydrogen-bond donors (Lipinski definition) is 1. The van der Waals surface area contributed by atoms with Gasteiger partial charge < -0.3 is 5.32 Å². The second kappa shape index (κ2) is 8.51. The number of rotatable bonds is 3. The highest BCUT2D eigenvalue weighted by Crippen LogP contribution is 2.38. The van der Waals surface area contributed by atoms with Gasteiger partial charge in [0.1, 0.15) is 0 Å². The monoisotopic (exact) mass is 512 g/mol. The second-order valence-corrected chi connectivity index (χ2v) is 8.74. The van der Waals surface area contributed by atoms with Crippen LogP contribution >= 0.6 is 31.9 Å². The van der Waals surface area contributed by atoms with Crippen LogP contribution in [0.25, 0.3) is 0 Å². The first-order valence-corrected chi connectivity index (χ1v) is 10.8. The molecule has 0 unspecified atom stereocenters. The molecule has 0 bridgehead atoms. The zero-order chi connectivity index (χ0) is 20.4. The molecule has 0 aliphatic carbocycles. The molecule has 3 amide bonds. The Labute approximate surface area is 186 Å². The summed E-state index contributed by atoms with van der Waals surface area (Å²) in [7, 11) is 0. The number of benzene rings is 3.